The summed E-state index contributed by atoms with van der Waals surface area (Å²) in [6.45, 7) is 0. The number of carboxylic acids is 1. The van der Waals surface area contributed by atoms with Crippen LogP contribution in [-0.4, -0.2) is 41.1 Å². The molecule has 0 aliphatic carbocycles. The first-order chi connectivity index (χ1) is 18.3. The molecule has 0 bridgehead atoms. The summed E-state index contributed by atoms with van der Waals surface area (Å²) in [5.74, 6) is -4.98. The van der Waals surface area contributed by atoms with Crippen LogP contribution in [0.2, 0.25) is 10.0 Å². The average Bonchev–Trinajstić information content (AvgIpc) is 2.91. The number of ether oxygens (including phenoxy) is 2. The number of hydrogen-bond donors (Lipinski definition) is 2. The van der Waals surface area contributed by atoms with Gasteiger partial charge in [0.2, 0.25) is 12.2 Å². The summed E-state index contributed by atoms with van der Waals surface area (Å²) in [5, 5.41) is 14.0. The molecule has 2 N–H and O–H groups in total. The van der Waals surface area contributed by atoms with Crippen LogP contribution in [0.3, 0.4) is 0 Å². The van der Waals surface area contributed by atoms with Gasteiger partial charge in [0, 0.05) is 11.1 Å². The maximum absolute atomic E-state index is 13.4. The summed E-state index contributed by atoms with van der Waals surface area (Å²) >= 11 is 12.1. The number of halogens is 2. The van der Waals surface area contributed by atoms with E-state index in [1.807, 2.05) is 18.2 Å². The van der Waals surface area contributed by atoms with Crippen LogP contribution < -0.4 is 5.32 Å². The second kappa shape index (κ2) is 11.8. The van der Waals surface area contributed by atoms with Gasteiger partial charge in [0.25, 0.3) is 5.91 Å². The fourth-order valence-corrected chi connectivity index (χ4v) is 4.07. The molecule has 0 unspecified atom stereocenters. The van der Waals surface area contributed by atoms with Crippen molar-refractivity contribution in [1.82, 2.24) is 0 Å². The van der Waals surface area contributed by atoms with Crippen LogP contribution in [0.1, 0.15) is 20.7 Å². The molecule has 8 nitrogen and oxygen atoms in total. The molecule has 0 radical (unpaired) electrons. The number of nitrogens with one attached hydrogen (secondary N) is 1. The smallest absolute Gasteiger partial charge is 0.349 e. The van der Waals surface area contributed by atoms with E-state index in [-0.39, 0.29) is 21.2 Å². The maximum Gasteiger partial charge on any atom is 0.349 e. The van der Waals surface area contributed by atoms with Crippen LogP contribution in [0.5, 0.6) is 0 Å². The molecule has 0 aliphatic heterocycles. The number of aliphatic carboxylic acids is 1. The molecule has 10 heteroatoms. The summed E-state index contributed by atoms with van der Waals surface area (Å²) in [4.78, 5) is 51.4. The molecule has 1 amide bonds. The molecule has 0 heterocycles. The van der Waals surface area contributed by atoms with Crippen LogP contribution >= 0.6 is 23.2 Å². The predicted octanol–water partition coefficient (Wildman–Crippen LogP) is 5.62. The largest absolute Gasteiger partial charge is 0.478 e. The summed E-state index contributed by atoms with van der Waals surface area (Å²) < 4.78 is 10.5. The molecule has 0 saturated heterocycles. The SMILES string of the molecule is O=C(O[C@H](C(=O)O)[C@H](OC(=O)c1ccccc1Cl)C(=O)Nc1cccc2ccccc12)c1ccccc1Cl. The molecule has 0 aliphatic rings. The van der Waals surface area contributed by atoms with Crippen LogP contribution in [0.25, 0.3) is 10.8 Å². The van der Waals surface area contributed by atoms with Crippen molar-refractivity contribution in [3.05, 3.63) is 112 Å². The fourth-order valence-electron chi connectivity index (χ4n) is 3.64. The number of esters is 2. The first-order valence-electron chi connectivity index (χ1n) is 11.2. The van der Waals surface area contributed by atoms with Crippen molar-refractivity contribution < 1.29 is 33.8 Å². The summed E-state index contributed by atoms with van der Waals surface area (Å²) in [6, 6.07) is 23.9. The standard InChI is InChI=1S/C28H19Cl2NO7/c29-20-13-5-3-11-18(20)27(35)37-23(24(26(33)34)38-28(36)19-12-4-6-14-21(19)30)25(32)31-22-15-7-9-16-8-1-2-10-17(16)22/h1-15,23-24H,(H,31,32)(H,33,34)/t23-,24-/m0/s1. The molecule has 192 valence electrons. The lowest BCUT2D eigenvalue weighted by atomic mass is 10.1. The molecule has 4 aromatic carbocycles. The van der Waals surface area contributed by atoms with Crippen molar-refractivity contribution in [2.24, 2.45) is 0 Å². The van der Waals surface area contributed by atoms with E-state index in [0.29, 0.717) is 11.1 Å². The predicted molar refractivity (Wildman–Crippen MR) is 142 cm³/mol. The minimum Gasteiger partial charge on any atom is -0.478 e. The third-order valence-electron chi connectivity index (χ3n) is 5.48. The number of carbonyl (C=O) groups excluding carboxylic acids is 3. The number of anilines is 1. The Labute approximate surface area is 226 Å². The van der Waals surface area contributed by atoms with Crippen molar-refractivity contribution >= 4 is 63.5 Å². The summed E-state index contributed by atoms with van der Waals surface area (Å²) in [6.07, 6.45) is -4.32. The molecule has 4 rings (SSSR count). The topological polar surface area (TPSA) is 119 Å². The second-order valence-corrected chi connectivity index (χ2v) is 8.78. The summed E-state index contributed by atoms with van der Waals surface area (Å²) in [7, 11) is 0. The third-order valence-corrected chi connectivity index (χ3v) is 6.14. The van der Waals surface area contributed by atoms with Crippen LogP contribution in [-0.2, 0) is 19.1 Å². The first-order valence-corrected chi connectivity index (χ1v) is 11.9. The lowest BCUT2D eigenvalue weighted by molar-refractivity contribution is -0.157. The number of hydrogen-bond acceptors (Lipinski definition) is 6. The van der Waals surface area contributed by atoms with Crippen molar-refractivity contribution in [2.45, 2.75) is 12.2 Å². The molecule has 0 aromatic heterocycles. The van der Waals surface area contributed by atoms with Crippen LogP contribution in [0.4, 0.5) is 5.69 Å². The van der Waals surface area contributed by atoms with Crippen molar-refractivity contribution in [2.75, 3.05) is 5.32 Å². The van der Waals surface area contributed by atoms with E-state index < -0.39 is 36.0 Å². The molecule has 0 saturated carbocycles. The van der Waals surface area contributed by atoms with Gasteiger partial charge < -0.3 is 19.9 Å². The Morgan fingerprint density at radius 1 is 0.658 bits per heavy atom. The monoisotopic (exact) mass is 551 g/mol. The Hall–Kier alpha value is -4.40. The van der Waals surface area contributed by atoms with Crippen molar-refractivity contribution in [1.29, 1.82) is 0 Å². The Balaban J connectivity index is 1.70. The molecule has 0 spiro atoms. The Morgan fingerprint density at radius 2 is 1.16 bits per heavy atom. The molecule has 38 heavy (non-hydrogen) atoms. The minimum absolute atomic E-state index is 0.00598. The number of carbonyl (C=O) groups is 4. The highest BCUT2D eigenvalue weighted by Crippen LogP contribution is 2.25. The highest BCUT2D eigenvalue weighted by molar-refractivity contribution is 6.34. The number of carboxylic acid groups (broad SMARTS) is 1. The number of amides is 1. The maximum atomic E-state index is 13.4. The fraction of sp³-hybridized carbons (Fsp3) is 0.0714. The quantitative estimate of drug-likeness (QED) is 0.272. The van der Waals surface area contributed by atoms with E-state index in [1.54, 1.807) is 36.4 Å². The lowest BCUT2D eigenvalue weighted by Crippen LogP contribution is -2.48. The van der Waals surface area contributed by atoms with Crippen molar-refractivity contribution in [3.8, 4) is 0 Å². The highest BCUT2D eigenvalue weighted by Gasteiger charge is 2.41. The number of rotatable bonds is 8. The normalized spacial score (nSPS) is 12.3. The lowest BCUT2D eigenvalue weighted by Gasteiger charge is -2.24. The zero-order valence-corrected chi connectivity index (χ0v) is 21.0. The zero-order valence-electron chi connectivity index (χ0n) is 19.5. The molecular weight excluding hydrogens is 533 g/mol. The zero-order chi connectivity index (χ0) is 27.2. The molecular formula is C28H19Cl2NO7. The van der Waals surface area contributed by atoms with E-state index in [1.165, 1.54) is 36.4 Å². The Kier molecular flexibility index (Phi) is 8.25. The van der Waals surface area contributed by atoms with Gasteiger partial charge in [0.1, 0.15) is 0 Å². The number of fused-ring (bicyclic) bond motifs is 1. The van der Waals surface area contributed by atoms with Gasteiger partial charge in [0.15, 0.2) is 0 Å². The van der Waals surface area contributed by atoms with Gasteiger partial charge in [-0.25, -0.2) is 14.4 Å². The van der Waals surface area contributed by atoms with Gasteiger partial charge in [-0.05, 0) is 35.7 Å². The van der Waals surface area contributed by atoms with E-state index in [0.717, 1.165) is 5.39 Å². The highest BCUT2D eigenvalue weighted by atomic mass is 35.5. The average molecular weight is 552 g/mol. The third kappa shape index (κ3) is 5.94. The molecule has 0 fully saturated rings. The van der Waals surface area contributed by atoms with Crippen LogP contribution in [0, 0.1) is 0 Å². The summed E-state index contributed by atoms with van der Waals surface area (Å²) in [5.41, 5.74) is 0.0817. The van der Waals surface area contributed by atoms with Gasteiger partial charge in [0.05, 0.1) is 21.2 Å². The van der Waals surface area contributed by atoms with E-state index in [2.05, 4.69) is 5.32 Å². The van der Waals surface area contributed by atoms with Crippen molar-refractivity contribution in [3.63, 3.8) is 0 Å². The van der Waals surface area contributed by atoms with Gasteiger partial charge in [-0.2, -0.15) is 0 Å². The van der Waals surface area contributed by atoms with Gasteiger partial charge >= 0.3 is 17.9 Å². The molecule has 4 aromatic rings. The van der Waals surface area contributed by atoms with E-state index in [9.17, 15) is 24.3 Å². The first kappa shape index (κ1) is 26.7. The van der Waals surface area contributed by atoms with Gasteiger partial charge in [-0.1, -0.05) is 83.9 Å². The minimum atomic E-state index is -2.22. The van der Waals surface area contributed by atoms with Crippen LogP contribution in [0.15, 0.2) is 91.0 Å². The van der Waals surface area contributed by atoms with E-state index in [4.69, 9.17) is 32.7 Å². The van der Waals surface area contributed by atoms with Gasteiger partial charge in [-0.15, -0.1) is 0 Å². The van der Waals surface area contributed by atoms with E-state index >= 15 is 0 Å². The Morgan fingerprint density at radius 3 is 1.74 bits per heavy atom. The molecule has 2 atom stereocenters. The second-order valence-electron chi connectivity index (χ2n) is 7.97. The Bertz CT molecular complexity index is 1530. The van der Waals surface area contributed by atoms with Gasteiger partial charge in [-0.3, -0.25) is 4.79 Å². The number of benzene rings is 4.